The lowest BCUT2D eigenvalue weighted by Gasteiger charge is -2.32. The number of aromatic nitrogens is 3. The fraction of sp³-hybridized carbons (Fsp3) is 0.375. The molecular weight excluding hydrogens is 315 g/mol. The highest BCUT2D eigenvalue weighted by atomic mass is 19.1. The van der Waals surface area contributed by atoms with E-state index in [-0.39, 0.29) is 24.9 Å². The van der Waals surface area contributed by atoms with Crippen LogP contribution in [-0.4, -0.2) is 45.8 Å². The molecule has 0 radical (unpaired) electrons. The molecule has 2 aromatic rings. The number of carbonyl (C=O) groups is 1. The monoisotopic (exact) mass is 332 g/mol. The van der Waals surface area contributed by atoms with E-state index >= 15 is 0 Å². The van der Waals surface area contributed by atoms with Gasteiger partial charge in [-0.25, -0.2) is 14.4 Å². The van der Waals surface area contributed by atoms with Crippen LogP contribution < -0.4 is 5.32 Å². The van der Waals surface area contributed by atoms with Crippen molar-refractivity contribution in [2.24, 2.45) is 5.41 Å². The van der Waals surface area contributed by atoms with Gasteiger partial charge in [-0.1, -0.05) is 12.1 Å². The average molecular weight is 332 g/mol. The third-order valence-corrected chi connectivity index (χ3v) is 4.02. The van der Waals surface area contributed by atoms with E-state index in [1.807, 2.05) is 0 Å². The summed E-state index contributed by atoms with van der Waals surface area (Å²) < 4.78 is 18.6. The normalized spacial score (nSPS) is 20.5. The van der Waals surface area contributed by atoms with E-state index in [4.69, 9.17) is 4.74 Å². The Bertz CT molecular complexity index is 735. The summed E-state index contributed by atoms with van der Waals surface area (Å²) in [5, 5.41) is 12.5. The Kier molecular flexibility index (Phi) is 4.66. The van der Waals surface area contributed by atoms with Crippen LogP contribution in [0.5, 0.6) is 0 Å². The molecular formula is C16H17FN4O3. The van der Waals surface area contributed by atoms with Crippen molar-refractivity contribution >= 4 is 11.9 Å². The lowest BCUT2D eigenvalue weighted by Crippen LogP contribution is -2.44. The third kappa shape index (κ3) is 3.48. The number of benzene rings is 1. The van der Waals surface area contributed by atoms with Crippen molar-refractivity contribution in [3.05, 3.63) is 36.4 Å². The lowest BCUT2D eigenvalue weighted by atomic mass is 9.82. The number of rotatable bonds is 5. The van der Waals surface area contributed by atoms with E-state index in [1.54, 1.807) is 12.1 Å². The number of aliphatic carboxylic acids is 1. The summed E-state index contributed by atoms with van der Waals surface area (Å²) in [5.41, 5.74) is -0.474. The molecule has 126 valence electrons. The van der Waals surface area contributed by atoms with Gasteiger partial charge >= 0.3 is 5.97 Å². The van der Waals surface area contributed by atoms with E-state index in [0.29, 0.717) is 30.8 Å². The standard InChI is InChI=1S/C16H17FN4O3/c17-12-4-1-3-11(7-12)13-19-10-20-15(21-13)18-8-16(14(22)23)5-2-6-24-9-16/h1,3-4,7,10H,2,5-6,8-9H2,(H,22,23)(H,18,19,20,21). The van der Waals surface area contributed by atoms with Gasteiger partial charge in [0.05, 0.1) is 6.61 Å². The number of halogens is 1. The van der Waals surface area contributed by atoms with Gasteiger partial charge in [-0.05, 0) is 25.0 Å². The van der Waals surface area contributed by atoms with Crippen LogP contribution in [0.2, 0.25) is 0 Å². The molecule has 2 heterocycles. The Labute approximate surface area is 137 Å². The van der Waals surface area contributed by atoms with Gasteiger partial charge in [0.2, 0.25) is 5.95 Å². The van der Waals surface area contributed by atoms with Crippen LogP contribution in [0.15, 0.2) is 30.6 Å². The molecule has 2 N–H and O–H groups in total. The van der Waals surface area contributed by atoms with Gasteiger partial charge in [-0.2, -0.15) is 4.98 Å². The van der Waals surface area contributed by atoms with Crippen LogP contribution in [0.4, 0.5) is 10.3 Å². The number of hydrogen-bond donors (Lipinski definition) is 2. The molecule has 1 aromatic carbocycles. The third-order valence-electron chi connectivity index (χ3n) is 4.02. The second kappa shape index (κ2) is 6.88. The molecule has 1 unspecified atom stereocenters. The second-order valence-corrected chi connectivity index (χ2v) is 5.74. The van der Waals surface area contributed by atoms with E-state index in [0.717, 1.165) is 0 Å². The molecule has 1 aliphatic rings. The van der Waals surface area contributed by atoms with Crippen LogP contribution in [0.25, 0.3) is 11.4 Å². The predicted molar refractivity (Wildman–Crippen MR) is 83.8 cm³/mol. The molecule has 0 saturated carbocycles. The second-order valence-electron chi connectivity index (χ2n) is 5.74. The predicted octanol–water partition coefficient (Wildman–Crippen LogP) is 1.97. The van der Waals surface area contributed by atoms with Crippen LogP contribution in [0.1, 0.15) is 12.8 Å². The maximum Gasteiger partial charge on any atom is 0.313 e. The minimum atomic E-state index is -0.996. The van der Waals surface area contributed by atoms with E-state index in [9.17, 15) is 14.3 Å². The minimum Gasteiger partial charge on any atom is -0.481 e. The first kappa shape index (κ1) is 16.3. The molecule has 1 saturated heterocycles. The number of nitrogens with one attached hydrogen (secondary N) is 1. The highest BCUT2D eigenvalue weighted by molar-refractivity contribution is 5.75. The molecule has 8 heteroatoms. The summed E-state index contributed by atoms with van der Waals surface area (Å²) in [6.45, 7) is 0.872. The Hall–Kier alpha value is -2.61. The molecule has 1 fully saturated rings. The van der Waals surface area contributed by atoms with Crippen molar-refractivity contribution in [1.82, 2.24) is 15.0 Å². The van der Waals surface area contributed by atoms with Gasteiger partial charge in [0.1, 0.15) is 17.6 Å². The van der Waals surface area contributed by atoms with E-state index in [2.05, 4.69) is 20.3 Å². The van der Waals surface area contributed by atoms with Gasteiger partial charge in [0, 0.05) is 18.7 Å². The molecule has 1 atom stereocenters. The number of anilines is 1. The van der Waals surface area contributed by atoms with Crippen LogP contribution in [0.3, 0.4) is 0 Å². The molecule has 7 nitrogen and oxygen atoms in total. The average Bonchev–Trinajstić information content (AvgIpc) is 2.61. The number of carboxylic acid groups (broad SMARTS) is 1. The van der Waals surface area contributed by atoms with Crippen LogP contribution in [-0.2, 0) is 9.53 Å². The Morgan fingerprint density at radius 1 is 1.42 bits per heavy atom. The van der Waals surface area contributed by atoms with Crippen LogP contribution >= 0.6 is 0 Å². The Morgan fingerprint density at radius 2 is 2.29 bits per heavy atom. The van der Waals surface area contributed by atoms with Crippen molar-refractivity contribution in [3.8, 4) is 11.4 Å². The smallest absolute Gasteiger partial charge is 0.313 e. The number of nitrogens with zero attached hydrogens (tertiary/aromatic N) is 3. The SMILES string of the molecule is O=C(O)C1(CNc2ncnc(-c3cccc(F)c3)n2)CCCOC1. The van der Waals surface area contributed by atoms with Gasteiger partial charge in [-0.3, -0.25) is 4.79 Å². The topological polar surface area (TPSA) is 97.2 Å². The summed E-state index contributed by atoms with van der Waals surface area (Å²) in [4.78, 5) is 23.9. The zero-order chi connectivity index (χ0) is 17.0. The largest absolute Gasteiger partial charge is 0.481 e. The molecule has 3 rings (SSSR count). The fourth-order valence-electron chi connectivity index (χ4n) is 2.63. The quantitative estimate of drug-likeness (QED) is 0.864. The maximum atomic E-state index is 13.3. The van der Waals surface area contributed by atoms with Crippen molar-refractivity contribution < 1.29 is 19.0 Å². The van der Waals surface area contributed by atoms with Gasteiger partial charge in [0.15, 0.2) is 5.82 Å². The van der Waals surface area contributed by atoms with Crippen molar-refractivity contribution in [2.45, 2.75) is 12.8 Å². The molecule has 1 aliphatic heterocycles. The summed E-state index contributed by atoms with van der Waals surface area (Å²) in [6, 6.07) is 5.92. The van der Waals surface area contributed by atoms with E-state index < -0.39 is 11.4 Å². The summed E-state index contributed by atoms with van der Waals surface area (Å²) >= 11 is 0. The molecule has 0 aliphatic carbocycles. The Morgan fingerprint density at radius 3 is 3.00 bits per heavy atom. The number of hydrogen-bond acceptors (Lipinski definition) is 6. The summed E-state index contributed by atoms with van der Waals surface area (Å²) in [5.74, 6) is -0.729. The first-order valence-electron chi connectivity index (χ1n) is 7.59. The van der Waals surface area contributed by atoms with Gasteiger partial charge < -0.3 is 15.2 Å². The van der Waals surface area contributed by atoms with E-state index in [1.165, 1.54) is 18.5 Å². The first-order chi connectivity index (χ1) is 11.6. The zero-order valence-electron chi connectivity index (χ0n) is 12.9. The number of carboxylic acids is 1. The zero-order valence-corrected chi connectivity index (χ0v) is 12.9. The molecule has 0 amide bonds. The molecule has 0 bridgehead atoms. The van der Waals surface area contributed by atoms with Crippen LogP contribution in [0, 0.1) is 11.2 Å². The highest BCUT2D eigenvalue weighted by Gasteiger charge is 2.40. The molecule has 24 heavy (non-hydrogen) atoms. The summed E-state index contributed by atoms with van der Waals surface area (Å²) in [6.07, 6.45) is 2.53. The van der Waals surface area contributed by atoms with Gasteiger partial charge in [-0.15, -0.1) is 0 Å². The van der Waals surface area contributed by atoms with Crippen molar-refractivity contribution in [3.63, 3.8) is 0 Å². The first-order valence-corrected chi connectivity index (χ1v) is 7.59. The van der Waals surface area contributed by atoms with Crippen molar-refractivity contribution in [1.29, 1.82) is 0 Å². The fourth-order valence-corrected chi connectivity index (χ4v) is 2.63. The Balaban J connectivity index is 1.76. The maximum absolute atomic E-state index is 13.3. The lowest BCUT2D eigenvalue weighted by molar-refractivity contribution is -0.155. The highest BCUT2D eigenvalue weighted by Crippen LogP contribution is 2.29. The number of ether oxygens (including phenoxy) is 1. The molecule has 1 aromatic heterocycles. The van der Waals surface area contributed by atoms with Gasteiger partial charge in [0.25, 0.3) is 0 Å². The summed E-state index contributed by atoms with van der Waals surface area (Å²) in [7, 11) is 0. The van der Waals surface area contributed by atoms with Crippen molar-refractivity contribution in [2.75, 3.05) is 25.1 Å². The molecule has 0 spiro atoms. The minimum absolute atomic E-state index is 0.148.